The highest BCUT2D eigenvalue weighted by atomic mass is 16.3. The molecule has 2 aliphatic rings. The van der Waals surface area contributed by atoms with Crippen molar-refractivity contribution in [2.45, 2.75) is 25.4 Å². The maximum Gasteiger partial charge on any atom is 0.0583 e. The minimum Gasteiger partial charge on any atom is -0.393 e. The number of aliphatic hydroxyl groups excluding tert-OH is 1. The van der Waals surface area contributed by atoms with Gasteiger partial charge in [0.05, 0.1) is 6.10 Å². The third-order valence-electron chi connectivity index (χ3n) is 3.87. The maximum atomic E-state index is 9.73. The van der Waals surface area contributed by atoms with E-state index in [1.165, 1.54) is 16.8 Å². The molecule has 1 aromatic carbocycles. The van der Waals surface area contributed by atoms with Crippen LogP contribution in [0.5, 0.6) is 0 Å². The van der Waals surface area contributed by atoms with Crippen LogP contribution >= 0.6 is 0 Å². The van der Waals surface area contributed by atoms with Gasteiger partial charge in [-0.2, -0.15) is 0 Å². The first-order valence-corrected chi connectivity index (χ1v) is 6.58. The summed E-state index contributed by atoms with van der Waals surface area (Å²) in [7, 11) is 0. The Morgan fingerprint density at radius 2 is 2.00 bits per heavy atom. The Morgan fingerprint density at radius 3 is 2.82 bits per heavy atom. The lowest BCUT2D eigenvalue weighted by Crippen LogP contribution is -2.43. The zero-order chi connectivity index (χ0) is 11.7. The lowest BCUT2D eigenvalue weighted by Gasteiger charge is -2.31. The summed E-state index contributed by atoms with van der Waals surface area (Å²) in [5.41, 5.74) is 4.09. The molecule has 0 saturated carbocycles. The molecule has 3 heteroatoms. The summed E-state index contributed by atoms with van der Waals surface area (Å²) in [5.74, 6) is 0. The predicted octanol–water partition coefficient (Wildman–Crippen LogP) is 0.946. The summed E-state index contributed by atoms with van der Waals surface area (Å²) >= 11 is 0. The second kappa shape index (κ2) is 4.67. The van der Waals surface area contributed by atoms with Crippen LogP contribution in [0.3, 0.4) is 0 Å². The fourth-order valence-electron chi connectivity index (χ4n) is 2.84. The van der Waals surface area contributed by atoms with Gasteiger partial charge in [0.25, 0.3) is 0 Å². The Bertz CT molecular complexity index is 399. The molecule has 3 nitrogen and oxygen atoms in total. The summed E-state index contributed by atoms with van der Waals surface area (Å²) in [6.45, 7) is 4.31. The molecular formula is C14H20N2O. The Kier molecular flexibility index (Phi) is 3.04. The second-order valence-corrected chi connectivity index (χ2v) is 5.09. The van der Waals surface area contributed by atoms with Crippen molar-refractivity contribution in [3.05, 3.63) is 29.3 Å². The number of anilines is 1. The van der Waals surface area contributed by atoms with Crippen molar-refractivity contribution in [1.29, 1.82) is 0 Å². The number of aryl methyl sites for hydroxylation is 1. The van der Waals surface area contributed by atoms with Crippen molar-refractivity contribution in [2.75, 3.05) is 31.1 Å². The molecule has 1 atom stereocenters. The number of hydrogen-bond acceptors (Lipinski definition) is 3. The van der Waals surface area contributed by atoms with Gasteiger partial charge < -0.3 is 15.3 Å². The second-order valence-electron chi connectivity index (χ2n) is 5.09. The maximum absolute atomic E-state index is 9.73. The molecule has 3 rings (SSSR count). The SMILES string of the molecule is OC1CCc2ccc(N3CCNCC3)cc2C1. The molecule has 0 bridgehead atoms. The first-order chi connectivity index (χ1) is 8.33. The van der Waals surface area contributed by atoms with Gasteiger partial charge in [0.2, 0.25) is 0 Å². The van der Waals surface area contributed by atoms with E-state index in [9.17, 15) is 5.11 Å². The van der Waals surface area contributed by atoms with Gasteiger partial charge in [-0.05, 0) is 42.5 Å². The van der Waals surface area contributed by atoms with Gasteiger partial charge in [-0.25, -0.2) is 0 Å². The molecular weight excluding hydrogens is 212 g/mol. The third-order valence-corrected chi connectivity index (χ3v) is 3.87. The smallest absolute Gasteiger partial charge is 0.0583 e. The highest BCUT2D eigenvalue weighted by Crippen LogP contribution is 2.26. The Balaban J connectivity index is 1.84. The van der Waals surface area contributed by atoms with Crippen molar-refractivity contribution in [3.8, 4) is 0 Å². The number of hydrogen-bond donors (Lipinski definition) is 2. The molecule has 2 N–H and O–H groups in total. The van der Waals surface area contributed by atoms with E-state index in [-0.39, 0.29) is 6.10 Å². The quantitative estimate of drug-likeness (QED) is 0.756. The summed E-state index contributed by atoms with van der Waals surface area (Å²) in [6, 6.07) is 6.77. The molecule has 1 saturated heterocycles. The molecule has 0 radical (unpaired) electrons. The summed E-state index contributed by atoms with van der Waals surface area (Å²) < 4.78 is 0. The first-order valence-electron chi connectivity index (χ1n) is 6.58. The van der Waals surface area contributed by atoms with Gasteiger partial charge in [0.1, 0.15) is 0 Å². The van der Waals surface area contributed by atoms with Gasteiger partial charge in [0.15, 0.2) is 0 Å². The topological polar surface area (TPSA) is 35.5 Å². The number of fused-ring (bicyclic) bond motifs is 1. The van der Waals surface area contributed by atoms with Crippen molar-refractivity contribution in [3.63, 3.8) is 0 Å². The van der Waals surface area contributed by atoms with Crippen molar-refractivity contribution < 1.29 is 5.11 Å². The van der Waals surface area contributed by atoms with E-state index in [0.29, 0.717) is 0 Å². The fraction of sp³-hybridized carbons (Fsp3) is 0.571. The molecule has 1 unspecified atom stereocenters. The predicted molar refractivity (Wildman–Crippen MR) is 69.6 cm³/mol. The highest BCUT2D eigenvalue weighted by molar-refractivity contribution is 5.52. The van der Waals surface area contributed by atoms with Gasteiger partial charge in [-0.15, -0.1) is 0 Å². The first kappa shape index (κ1) is 11.1. The van der Waals surface area contributed by atoms with Crippen LogP contribution in [0.2, 0.25) is 0 Å². The van der Waals surface area contributed by atoms with Crippen LogP contribution in [0, 0.1) is 0 Å². The van der Waals surface area contributed by atoms with Crippen LogP contribution in [0.4, 0.5) is 5.69 Å². The van der Waals surface area contributed by atoms with E-state index in [2.05, 4.69) is 28.4 Å². The largest absolute Gasteiger partial charge is 0.393 e. The van der Waals surface area contributed by atoms with E-state index in [1.54, 1.807) is 0 Å². The molecule has 17 heavy (non-hydrogen) atoms. The number of benzene rings is 1. The van der Waals surface area contributed by atoms with Gasteiger partial charge in [-0.1, -0.05) is 6.07 Å². The lowest BCUT2D eigenvalue weighted by molar-refractivity contribution is 0.158. The summed E-state index contributed by atoms with van der Waals surface area (Å²) in [4.78, 5) is 2.43. The fourth-order valence-corrected chi connectivity index (χ4v) is 2.84. The van der Waals surface area contributed by atoms with Gasteiger partial charge in [0, 0.05) is 31.9 Å². The average molecular weight is 232 g/mol. The lowest BCUT2D eigenvalue weighted by atomic mass is 9.89. The molecule has 92 valence electrons. The van der Waals surface area contributed by atoms with Crippen LogP contribution in [0.15, 0.2) is 18.2 Å². The summed E-state index contributed by atoms with van der Waals surface area (Å²) in [5, 5.41) is 13.1. The molecule has 1 aliphatic heterocycles. The zero-order valence-electron chi connectivity index (χ0n) is 10.2. The third kappa shape index (κ3) is 2.31. The molecule has 0 spiro atoms. The van der Waals surface area contributed by atoms with Crippen LogP contribution < -0.4 is 10.2 Å². The van der Waals surface area contributed by atoms with Gasteiger partial charge in [-0.3, -0.25) is 0 Å². The van der Waals surface area contributed by atoms with Crippen molar-refractivity contribution in [1.82, 2.24) is 5.32 Å². The zero-order valence-corrected chi connectivity index (χ0v) is 10.2. The van der Waals surface area contributed by atoms with E-state index >= 15 is 0 Å². The van der Waals surface area contributed by atoms with Crippen LogP contribution in [0.25, 0.3) is 0 Å². The number of nitrogens with zero attached hydrogens (tertiary/aromatic N) is 1. The van der Waals surface area contributed by atoms with E-state index in [4.69, 9.17) is 0 Å². The minimum atomic E-state index is -0.138. The Morgan fingerprint density at radius 1 is 1.18 bits per heavy atom. The van der Waals surface area contributed by atoms with E-state index in [0.717, 1.165) is 45.4 Å². The number of piperazine rings is 1. The van der Waals surface area contributed by atoms with Gasteiger partial charge >= 0.3 is 0 Å². The number of nitrogens with one attached hydrogen (secondary N) is 1. The normalized spacial score (nSPS) is 24.5. The average Bonchev–Trinajstić information content (AvgIpc) is 2.39. The molecule has 1 aliphatic carbocycles. The summed E-state index contributed by atoms with van der Waals surface area (Å²) in [6.07, 6.45) is 2.63. The minimum absolute atomic E-state index is 0.138. The number of rotatable bonds is 1. The molecule has 1 fully saturated rings. The van der Waals surface area contributed by atoms with Crippen LogP contribution in [-0.4, -0.2) is 37.4 Å². The Labute approximate surface area is 102 Å². The monoisotopic (exact) mass is 232 g/mol. The standard InChI is InChI=1S/C14H20N2O/c17-14-4-2-11-1-3-13(9-12(11)10-14)16-7-5-15-6-8-16/h1,3,9,14-15,17H,2,4-8,10H2. The molecule has 0 amide bonds. The van der Waals surface area contributed by atoms with Crippen LogP contribution in [-0.2, 0) is 12.8 Å². The van der Waals surface area contributed by atoms with Crippen molar-refractivity contribution in [2.24, 2.45) is 0 Å². The highest BCUT2D eigenvalue weighted by Gasteiger charge is 2.18. The number of aliphatic hydroxyl groups is 1. The van der Waals surface area contributed by atoms with Crippen molar-refractivity contribution >= 4 is 5.69 Å². The Hall–Kier alpha value is -1.06. The molecule has 0 aromatic heterocycles. The molecule has 1 aromatic rings. The van der Waals surface area contributed by atoms with Crippen LogP contribution in [0.1, 0.15) is 17.5 Å². The molecule has 1 heterocycles. The van der Waals surface area contributed by atoms with E-state index < -0.39 is 0 Å². The van der Waals surface area contributed by atoms with E-state index in [1.807, 2.05) is 0 Å².